The predicted molar refractivity (Wildman–Crippen MR) is 79.1 cm³/mol. The molecule has 2 aromatic rings. The van der Waals surface area contributed by atoms with Crippen LogP contribution in [0.4, 0.5) is 0 Å². The highest BCUT2D eigenvalue weighted by Crippen LogP contribution is 2.36. The zero-order chi connectivity index (χ0) is 12.5. The van der Waals surface area contributed by atoms with Crippen LogP contribution in [0.5, 0.6) is 0 Å². The van der Waals surface area contributed by atoms with Gasteiger partial charge in [0.05, 0.1) is 11.9 Å². The van der Waals surface area contributed by atoms with E-state index in [9.17, 15) is 4.79 Å². The first-order chi connectivity index (χ1) is 8.74. The second-order valence-electron chi connectivity index (χ2n) is 4.65. The van der Waals surface area contributed by atoms with Gasteiger partial charge in [-0.2, -0.15) is 9.78 Å². The summed E-state index contributed by atoms with van der Waals surface area (Å²) in [4.78, 5) is 11.9. The van der Waals surface area contributed by atoms with Crippen molar-refractivity contribution in [3.05, 3.63) is 56.0 Å². The fourth-order valence-corrected chi connectivity index (χ4v) is 2.62. The van der Waals surface area contributed by atoms with Crippen molar-refractivity contribution in [3.63, 3.8) is 0 Å². The molecule has 1 heterocycles. The van der Waals surface area contributed by atoms with E-state index < -0.39 is 0 Å². The molecule has 4 heteroatoms. The molecule has 92 valence electrons. The predicted octanol–water partition coefficient (Wildman–Crippen LogP) is 3.10. The summed E-state index contributed by atoms with van der Waals surface area (Å²) in [5, 5.41) is 4.19. The van der Waals surface area contributed by atoms with Crippen LogP contribution in [0.3, 0.4) is 0 Å². The molecule has 1 aliphatic carbocycles. The monoisotopic (exact) mass is 352 g/mol. The second kappa shape index (κ2) is 4.84. The molecule has 0 amide bonds. The molecule has 18 heavy (non-hydrogen) atoms. The highest BCUT2D eigenvalue weighted by molar-refractivity contribution is 14.1. The normalized spacial score (nSPS) is 15.4. The van der Waals surface area contributed by atoms with Crippen LogP contribution >= 0.6 is 22.6 Å². The van der Waals surface area contributed by atoms with Gasteiger partial charge in [-0.1, -0.05) is 18.6 Å². The Kier molecular flexibility index (Phi) is 3.20. The highest BCUT2D eigenvalue weighted by Gasteiger charge is 2.19. The maximum absolute atomic E-state index is 11.9. The summed E-state index contributed by atoms with van der Waals surface area (Å²) in [6, 6.07) is 9.78. The minimum absolute atomic E-state index is 0.0762. The zero-order valence-corrected chi connectivity index (χ0v) is 12.0. The van der Waals surface area contributed by atoms with Crippen LogP contribution in [-0.2, 0) is 0 Å². The van der Waals surface area contributed by atoms with Crippen molar-refractivity contribution in [3.8, 4) is 5.69 Å². The summed E-state index contributed by atoms with van der Waals surface area (Å²) >= 11 is 2.10. The number of benzene rings is 1. The van der Waals surface area contributed by atoms with E-state index in [0.717, 1.165) is 9.26 Å². The minimum Gasteiger partial charge on any atom is -0.267 e. The molecule has 0 saturated heterocycles. The Morgan fingerprint density at radius 3 is 2.78 bits per heavy atom. The van der Waals surface area contributed by atoms with Crippen molar-refractivity contribution in [1.29, 1.82) is 0 Å². The summed E-state index contributed by atoms with van der Waals surface area (Å²) in [5.41, 5.74) is 2.11. The number of hydrogen-bond donors (Lipinski definition) is 0. The summed E-state index contributed by atoms with van der Waals surface area (Å²) in [6.07, 6.45) is 5.55. The van der Waals surface area contributed by atoms with E-state index >= 15 is 0 Å². The van der Waals surface area contributed by atoms with Crippen LogP contribution in [0.1, 0.15) is 30.7 Å². The summed E-state index contributed by atoms with van der Waals surface area (Å²) in [6.45, 7) is 0. The quantitative estimate of drug-likeness (QED) is 0.779. The van der Waals surface area contributed by atoms with Crippen molar-refractivity contribution >= 4 is 22.6 Å². The van der Waals surface area contributed by atoms with Crippen LogP contribution < -0.4 is 5.56 Å². The van der Waals surface area contributed by atoms with E-state index in [1.54, 1.807) is 12.3 Å². The van der Waals surface area contributed by atoms with E-state index in [4.69, 9.17) is 0 Å². The van der Waals surface area contributed by atoms with Crippen LogP contribution in [0, 0.1) is 3.57 Å². The molecule has 0 radical (unpaired) electrons. The first-order valence-corrected chi connectivity index (χ1v) is 7.17. The van der Waals surface area contributed by atoms with E-state index in [-0.39, 0.29) is 5.56 Å². The Hall–Kier alpha value is -1.17. The van der Waals surface area contributed by atoms with Gasteiger partial charge in [0.2, 0.25) is 0 Å². The van der Waals surface area contributed by atoms with Crippen LogP contribution in [0.25, 0.3) is 5.69 Å². The number of aromatic nitrogens is 2. The Morgan fingerprint density at radius 1 is 1.28 bits per heavy atom. The Bertz CT molecular complexity index is 632. The average molecular weight is 352 g/mol. The van der Waals surface area contributed by atoms with Crippen molar-refractivity contribution < 1.29 is 0 Å². The topological polar surface area (TPSA) is 34.9 Å². The lowest BCUT2D eigenvalue weighted by molar-refractivity contribution is 0.419. The summed E-state index contributed by atoms with van der Waals surface area (Å²) in [7, 11) is 0. The highest BCUT2D eigenvalue weighted by atomic mass is 127. The van der Waals surface area contributed by atoms with E-state index in [2.05, 4.69) is 39.8 Å². The molecule has 0 atom stereocenters. The van der Waals surface area contributed by atoms with E-state index in [0.29, 0.717) is 5.92 Å². The van der Waals surface area contributed by atoms with Gasteiger partial charge in [-0.3, -0.25) is 4.79 Å². The van der Waals surface area contributed by atoms with E-state index in [1.807, 2.05) is 12.1 Å². The SMILES string of the molecule is O=c1cc(I)cnn1-c1cccc(C2CCC2)c1. The Balaban J connectivity index is 2.03. The average Bonchev–Trinajstić information content (AvgIpc) is 2.27. The van der Waals surface area contributed by atoms with Crippen molar-refractivity contribution in [1.82, 2.24) is 9.78 Å². The molecule has 0 N–H and O–H groups in total. The number of rotatable bonds is 2. The molecule has 0 bridgehead atoms. The molecule has 3 rings (SSSR count). The molecule has 1 aromatic carbocycles. The zero-order valence-electron chi connectivity index (χ0n) is 9.84. The standard InChI is InChI=1S/C14H13IN2O/c15-12-8-14(18)17(16-9-12)13-6-2-5-11(7-13)10-3-1-4-10/h2,5-10H,1,3-4H2. The fraction of sp³-hybridized carbons (Fsp3) is 0.286. The first kappa shape index (κ1) is 11.9. The maximum atomic E-state index is 11.9. The van der Waals surface area contributed by atoms with Crippen molar-refractivity contribution in [2.45, 2.75) is 25.2 Å². The van der Waals surface area contributed by atoms with Gasteiger partial charge < -0.3 is 0 Å². The van der Waals surface area contributed by atoms with Crippen LogP contribution in [-0.4, -0.2) is 9.78 Å². The molecular formula is C14H13IN2O. The van der Waals surface area contributed by atoms with Gasteiger partial charge in [0, 0.05) is 9.64 Å². The molecule has 1 fully saturated rings. The van der Waals surface area contributed by atoms with Gasteiger partial charge >= 0.3 is 0 Å². The number of halogens is 1. The molecule has 1 aromatic heterocycles. The largest absolute Gasteiger partial charge is 0.272 e. The smallest absolute Gasteiger partial charge is 0.267 e. The van der Waals surface area contributed by atoms with Gasteiger partial charge in [-0.15, -0.1) is 0 Å². The van der Waals surface area contributed by atoms with Gasteiger partial charge in [-0.05, 0) is 59.0 Å². The number of hydrogen-bond acceptors (Lipinski definition) is 2. The van der Waals surface area contributed by atoms with Gasteiger partial charge in [-0.25, -0.2) is 0 Å². The third kappa shape index (κ3) is 2.21. The second-order valence-corrected chi connectivity index (χ2v) is 5.89. The Morgan fingerprint density at radius 2 is 2.11 bits per heavy atom. The lowest BCUT2D eigenvalue weighted by Gasteiger charge is -2.26. The Labute approximate surface area is 119 Å². The maximum Gasteiger partial charge on any atom is 0.272 e. The van der Waals surface area contributed by atoms with Gasteiger partial charge in [0.25, 0.3) is 5.56 Å². The van der Waals surface area contributed by atoms with Crippen molar-refractivity contribution in [2.75, 3.05) is 0 Å². The summed E-state index contributed by atoms with van der Waals surface area (Å²) < 4.78 is 2.33. The molecule has 0 aliphatic heterocycles. The first-order valence-electron chi connectivity index (χ1n) is 6.09. The molecule has 3 nitrogen and oxygen atoms in total. The third-order valence-corrected chi connectivity index (χ3v) is 4.05. The minimum atomic E-state index is -0.0762. The third-order valence-electron chi connectivity index (χ3n) is 3.46. The molecule has 1 saturated carbocycles. The van der Waals surface area contributed by atoms with Crippen LogP contribution in [0.2, 0.25) is 0 Å². The lowest BCUT2D eigenvalue weighted by atomic mass is 9.80. The fourth-order valence-electron chi connectivity index (χ4n) is 2.23. The van der Waals surface area contributed by atoms with Gasteiger partial charge in [0.15, 0.2) is 0 Å². The molecule has 1 aliphatic rings. The molecular weight excluding hydrogens is 339 g/mol. The number of nitrogens with zero attached hydrogens (tertiary/aromatic N) is 2. The molecule has 0 unspecified atom stereocenters. The van der Waals surface area contributed by atoms with Crippen molar-refractivity contribution in [2.24, 2.45) is 0 Å². The van der Waals surface area contributed by atoms with E-state index in [1.165, 1.54) is 29.5 Å². The molecule has 0 spiro atoms. The van der Waals surface area contributed by atoms with Gasteiger partial charge in [0.1, 0.15) is 0 Å². The van der Waals surface area contributed by atoms with Crippen LogP contribution in [0.15, 0.2) is 41.3 Å². The summed E-state index contributed by atoms with van der Waals surface area (Å²) in [5.74, 6) is 0.671. The lowest BCUT2D eigenvalue weighted by Crippen LogP contribution is -2.20.